The molecule has 0 unspecified atom stereocenters. The fourth-order valence-electron chi connectivity index (χ4n) is 2.42. The number of ether oxygens (including phenoxy) is 1. The molecule has 4 nitrogen and oxygen atoms in total. The van der Waals surface area contributed by atoms with Gasteiger partial charge in [-0.15, -0.1) is 0 Å². The van der Waals surface area contributed by atoms with Crippen LogP contribution in [0.2, 0.25) is 0 Å². The van der Waals surface area contributed by atoms with Crippen LogP contribution < -0.4 is 4.74 Å². The lowest BCUT2D eigenvalue weighted by atomic mass is 10.1. The lowest BCUT2D eigenvalue weighted by Gasteiger charge is -2.06. The van der Waals surface area contributed by atoms with Gasteiger partial charge in [-0.05, 0) is 42.4 Å². The van der Waals surface area contributed by atoms with Gasteiger partial charge in [-0.1, -0.05) is 25.5 Å². The molecular weight excluding hydrogens is 282 g/mol. The van der Waals surface area contributed by atoms with Crippen molar-refractivity contribution in [3.05, 3.63) is 46.7 Å². The number of aryl methyl sites for hydroxylation is 1. The number of nitrogens with one attached hydrogen (secondary N) is 1. The maximum absolute atomic E-state index is 5.43. The van der Waals surface area contributed by atoms with Gasteiger partial charge in [0.05, 0.1) is 12.6 Å². The first-order valence-corrected chi connectivity index (χ1v) is 7.39. The van der Waals surface area contributed by atoms with Crippen molar-refractivity contribution in [3.8, 4) is 11.6 Å². The molecule has 0 aliphatic rings. The fraction of sp³-hybridized carbons (Fsp3) is 0.250. The highest BCUT2D eigenvalue weighted by Gasteiger charge is 2.09. The first-order valence-electron chi connectivity index (χ1n) is 6.98. The molecule has 0 aliphatic heterocycles. The first-order chi connectivity index (χ1) is 10.2. The molecule has 0 saturated carbocycles. The second-order valence-electron chi connectivity index (χ2n) is 4.91. The SMILES string of the molecule is CCCc1ccc(-n2c(=S)[nH]c3ccc(OC)nc32)cc1. The van der Waals surface area contributed by atoms with Crippen molar-refractivity contribution in [1.29, 1.82) is 0 Å². The van der Waals surface area contributed by atoms with Gasteiger partial charge in [0.25, 0.3) is 0 Å². The number of aromatic nitrogens is 3. The van der Waals surface area contributed by atoms with Crippen LogP contribution >= 0.6 is 12.2 Å². The van der Waals surface area contributed by atoms with E-state index in [0.717, 1.165) is 29.7 Å². The highest BCUT2D eigenvalue weighted by atomic mass is 32.1. The summed E-state index contributed by atoms with van der Waals surface area (Å²) >= 11 is 5.43. The molecule has 3 rings (SSSR count). The van der Waals surface area contributed by atoms with Crippen LogP contribution in [-0.4, -0.2) is 21.6 Å². The van der Waals surface area contributed by atoms with E-state index in [1.807, 2.05) is 16.7 Å². The second kappa shape index (κ2) is 5.69. The molecule has 0 saturated heterocycles. The van der Waals surface area contributed by atoms with E-state index in [-0.39, 0.29) is 0 Å². The van der Waals surface area contributed by atoms with E-state index in [9.17, 15) is 0 Å². The molecular formula is C16H17N3OS. The molecule has 108 valence electrons. The van der Waals surface area contributed by atoms with Crippen molar-refractivity contribution in [3.63, 3.8) is 0 Å². The van der Waals surface area contributed by atoms with E-state index in [1.54, 1.807) is 7.11 Å². The largest absolute Gasteiger partial charge is 0.481 e. The molecule has 0 amide bonds. The molecule has 0 radical (unpaired) electrons. The summed E-state index contributed by atoms with van der Waals surface area (Å²) in [7, 11) is 1.61. The molecule has 0 atom stereocenters. The van der Waals surface area contributed by atoms with E-state index in [1.165, 1.54) is 5.56 Å². The van der Waals surface area contributed by atoms with E-state index in [0.29, 0.717) is 10.7 Å². The van der Waals surface area contributed by atoms with Gasteiger partial charge in [-0.2, -0.15) is 4.98 Å². The van der Waals surface area contributed by atoms with Crippen LogP contribution in [0.4, 0.5) is 0 Å². The highest BCUT2D eigenvalue weighted by Crippen LogP contribution is 2.21. The van der Waals surface area contributed by atoms with Gasteiger partial charge in [0.1, 0.15) is 0 Å². The molecule has 1 aromatic carbocycles. The molecule has 21 heavy (non-hydrogen) atoms. The van der Waals surface area contributed by atoms with Crippen LogP contribution in [0.5, 0.6) is 5.88 Å². The van der Waals surface area contributed by atoms with Crippen molar-refractivity contribution in [2.24, 2.45) is 0 Å². The number of hydrogen-bond donors (Lipinski definition) is 1. The molecule has 2 heterocycles. The Labute approximate surface area is 128 Å². The van der Waals surface area contributed by atoms with Gasteiger partial charge < -0.3 is 9.72 Å². The summed E-state index contributed by atoms with van der Waals surface area (Å²) < 4.78 is 7.77. The number of aromatic amines is 1. The average molecular weight is 299 g/mol. The Hall–Kier alpha value is -2.14. The van der Waals surface area contributed by atoms with Gasteiger partial charge in [-0.25, -0.2) is 0 Å². The first kappa shape index (κ1) is 13.8. The fourth-order valence-corrected chi connectivity index (χ4v) is 2.72. The Bertz CT molecular complexity index is 818. The predicted octanol–water partition coefficient (Wildman–Crippen LogP) is 4.04. The molecule has 1 N–H and O–H groups in total. The summed E-state index contributed by atoms with van der Waals surface area (Å²) in [6, 6.07) is 12.2. The van der Waals surface area contributed by atoms with Crippen LogP contribution in [0.15, 0.2) is 36.4 Å². The topological polar surface area (TPSA) is 42.8 Å². The van der Waals surface area contributed by atoms with Gasteiger partial charge in [0, 0.05) is 11.8 Å². The molecule has 0 aliphatic carbocycles. The van der Waals surface area contributed by atoms with Crippen LogP contribution in [-0.2, 0) is 6.42 Å². The molecule has 0 bridgehead atoms. The lowest BCUT2D eigenvalue weighted by Crippen LogP contribution is -1.97. The number of pyridine rings is 1. The monoisotopic (exact) mass is 299 g/mol. The smallest absolute Gasteiger partial charge is 0.215 e. The number of H-pyrrole nitrogens is 1. The lowest BCUT2D eigenvalue weighted by molar-refractivity contribution is 0.399. The summed E-state index contributed by atoms with van der Waals surface area (Å²) in [6.07, 6.45) is 2.23. The second-order valence-corrected chi connectivity index (χ2v) is 5.29. The summed E-state index contributed by atoms with van der Waals surface area (Å²) in [6.45, 7) is 2.18. The van der Waals surface area contributed by atoms with E-state index < -0.39 is 0 Å². The summed E-state index contributed by atoms with van der Waals surface area (Å²) in [5, 5.41) is 0. The van der Waals surface area contributed by atoms with Crippen molar-refractivity contribution < 1.29 is 4.74 Å². The normalized spacial score (nSPS) is 11.0. The quantitative estimate of drug-likeness (QED) is 0.739. The Kier molecular flexibility index (Phi) is 3.75. The minimum Gasteiger partial charge on any atom is -0.481 e. The van der Waals surface area contributed by atoms with Crippen molar-refractivity contribution in [1.82, 2.24) is 14.5 Å². The third kappa shape index (κ3) is 2.56. The number of imidazole rings is 1. The van der Waals surface area contributed by atoms with Crippen molar-refractivity contribution in [2.75, 3.05) is 7.11 Å². The zero-order valence-electron chi connectivity index (χ0n) is 12.1. The zero-order valence-corrected chi connectivity index (χ0v) is 12.9. The summed E-state index contributed by atoms with van der Waals surface area (Å²) in [4.78, 5) is 7.67. The number of hydrogen-bond acceptors (Lipinski definition) is 3. The summed E-state index contributed by atoms with van der Waals surface area (Å²) in [5.41, 5.74) is 4.02. The van der Waals surface area contributed by atoms with Gasteiger partial charge in [0.15, 0.2) is 10.4 Å². The molecule has 5 heteroatoms. The number of fused-ring (bicyclic) bond motifs is 1. The van der Waals surface area contributed by atoms with Gasteiger partial charge in [0.2, 0.25) is 5.88 Å². The van der Waals surface area contributed by atoms with Crippen molar-refractivity contribution in [2.45, 2.75) is 19.8 Å². The third-order valence-corrected chi connectivity index (χ3v) is 3.73. The summed E-state index contributed by atoms with van der Waals surface area (Å²) in [5.74, 6) is 0.577. The average Bonchev–Trinajstić information content (AvgIpc) is 2.83. The molecule has 2 aromatic heterocycles. The molecule has 0 spiro atoms. The Morgan fingerprint density at radius 3 is 2.62 bits per heavy atom. The maximum atomic E-state index is 5.43. The number of rotatable bonds is 4. The maximum Gasteiger partial charge on any atom is 0.215 e. The number of benzene rings is 1. The third-order valence-electron chi connectivity index (χ3n) is 3.45. The Morgan fingerprint density at radius 1 is 1.19 bits per heavy atom. The van der Waals surface area contributed by atoms with Crippen LogP contribution in [0.1, 0.15) is 18.9 Å². The highest BCUT2D eigenvalue weighted by molar-refractivity contribution is 7.71. The minimum absolute atomic E-state index is 0.577. The zero-order chi connectivity index (χ0) is 14.8. The van der Waals surface area contributed by atoms with Crippen LogP contribution in [0.3, 0.4) is 0 Å². The van der Waals surface area contributed by atoms with Gasteiger partial charge >= 0.3 is 0 Å². The Balaban J connectivity index is 2.14. The van der Waals surface area contributed by atoms with Crippen LogP contribution in [0, 0.1) is 4.77 Å². The van der Waals surface area contributed by atoms with E-state index >= 15 is 0 Å². The molecule has 0 fully saturated rings. The van der Waals surface area contributed by atoms with Crippen molar-refractivity contribution >= 4 is 23.4 Å². The molecule has 3 aromatic rings. The Morgan fingerprint density at radius 2 is 1.95 bits per heavy atom. The van der Waals surface area contributed by atoms with Crippen LogP contribution in [0.25, 0.3) is 16.9 Å². The standard InChI is InChI=1S/C16H17N3OS/c1-3-4-11-5-7-12(8-6-11)19-15-13(17-16(19)21)9-10-14(18-15)20-2/h5-10H,3-4H2,1-2H3,(H,17,21). The number of methoxy groups -OCH3 is 1. The minimum atomic E-state index is 0.577. The number of nitrogens with zero attached hydrogens (tertiary/aromatic N) is 2. The van der Waals surface area contributed by atoms with E-state index in [2.05, 4.69) is 41.2 Å². The van der Waals surface area contributed by atoms with E-state index in [4.69, 9.17) is 17.0 Å². The van der Waals surface area contributed by atoms with Gasteiger partial charge in [-0.3, -0.25) is 4.57 Å². The predicted molar refractivity (Wildman–Crippen MR) is 86.8 cm³/mol.